The lowest BCUT2D eigenvalue weighted by molar-refractivity contribution is 0.0378. The van der Waals surface area contributed by atoms with E-state index in [9.17, 15) is 9.59 Å². The summed E-state index contributed by atoms with van der Waals surface area (Å²) in [6.45, 7) is 5.51. The zero-order valence-electron chi connectivity index (χ0n) is 17.1. The second-order valence-corrected chi connectivity index (χ2v) is 8.68. The molecule has 1 N–H and O–H groups in total. The number of thiazole rings is 1. The van der Waals surface area contributed by atoms with E-state index in [0.717, 1.165) is 15.8 Å². The van der Waals surface area contributed by atoms with E-state index >= 15 is 0 Å². The van der Waals surface area contributed by atoms with E-state index in [-0.39, 0.29) is 11.9 Å². The standard InChI is InChI=1S/C23H19ClN2O4S/c1-12(2)29-22(28)15-6-7-17-20(11-15)31-23(25-17)26-21(27)19-9-8-18(30-19)14-5-4-13(3)16(24)10-14/h4-12H,1-3H3,(H,25,26,27). The molecule has 8 heteroatoms. The molecule has 0 unspecified atom stereocenters. The van der Waals surface area contributed by atoms with Crippen molar-refractivity contribution in [1.82, 2.24) is 4.98 Å². The van der Waals surface area contributed by atoms with Crippen LogP contribution in [0.1, 0.15) is 40.3 Å². The Labute approximate surface area is 187 Å². The van der Waals surface area contributed by atoms with Gasteiger partial charge in [0, 0.05) is 10.6 Å². The molecule has 0 saturated carbocycles. The number of rotatable bonds is 5. The van der Waals surface area contributed by atoms with Crippen molar-refractivity contribution in [2.24, 2.45) is 0 Å². The van der Waals surface area contributed by atoms with Crippen LogP contribution in [-0.4, -0.2) is 23.0 Å². The molecule has 4 aromatic rings. The molecule has 2 heterocycles. The third-order valence-corrected chi connectivity index (χ3v) is 5.81. The average Bonchev–Trinajstić information content (AvgIpc) is 3.35. The van der Waals surface area contributed by atoms with Gasteiger partial charge in [-0.15, -0.1) is 0 Å². The summed E-state index contributed by atoms with van der Waals surface area (Å²) < 4.78 is 11.7. The highest BCUT2D eigenvalue weighted by atomic mass is 35.5. The van der Waals surface area contributed by atoms with Crippen LogP contribution < -0.4 is 5.32 Å². The van der Waals surface area contributed by atoms with Crippen molar-refractivity contribution in [3.8, 4) is 11.3 Å². The molecule has 158 valence electrons. The van der Waals surface area contributed by atoms with Gasteiger partial charge in [-0.2, -0.15) is 0 Å². The zero-order valence-corrected chi connectivity index (χ0v) is 18.6. The maximum absolute atomic E-state index is 12.6. The van der Waals surface area contributed by atoms with Crippen LogP contribution in [0.5, 0.6) is 0 Å². The Bertz CT molecular complexity index is 1290. The minimum Gasteiger partial charge on any atom is -0.459 e. The number of anilines is 1. The first-order valence-electron chi connectivity index (χ1n) is 9.59. The molecule has 0 radical (unpaired) electrons. The number of aromatic nitrogens is 1. The monoisotopic (exact) mass is 454 g/mol. The van der Waals surface area contributed by atoms with E-state index in [2.05, 4.69) is 10.3 Å². The highest BCUT2D eigenvalue weighted by molar-refractivity contribution is 7.22. The number of furan rings is 1. The number of nitrogens with zero attached hydrogens (tertiary/aromatic N) is 1. The van der Waals surface area contributed by atoms with Gasteiger partial charge in [-0.25, -0.2) is 9.78 Å². The number of carbonyl (C=O) groups excluding carboxylic acids is 2. The lowest BCUT2D eigenvalue weighted by Crippen LogP contribution is -2.11. The number of nitrogens with one attached hydrogen (secondary N) is 1. The fraction of sp³-hybridized carbons (Fsp3) is 0.174. The van der Waals surface area contributed by atoms with Crippen LogP contribution in [-0.2, 0) is 4.74 Å². The van der Waals surface area contributed by atoms with Crippen LogP contribution in [0.4, 0.5) is 5.13 Å². The van der Waals surface area contributed by atoms with Crippen molar-refractivity contribution in [1.29, 1.82) is 0 Å². The number of amides is 1. The van der Waals surface area contributed by atoms with E-state index in [1.165, 1.54) is 11.3 Å². The van der Waals surface area contributed by atoms with Crippen molar-refractivity contribution in [3.05, 3.63) is 70.4 Å². The molecular formula is C23H19ClN2O4S. The van der Waals surface area contributed by atoms with Crippen LogP contribution in [0.15, 0.2) is 52.9 Å². The Hall–Kier alpha value is -3.16. The lowest BCUT2D eigenvalue weighted by atomic mass is 10.1. The topological polar surface area (TPSA) is 81.4 Å². The molecule has 31 heavy (non-hydrogen) atoms. The van der Waals surface area contributed by atoms with Gasteiger partial charge in [-0.05, 0) is 62.7 Å². The number of carbonyl (C=O) groups is 2. The molecule has 0 bridgehead atoms. The largest absolute Gasteiger partial charge is 0.459 e. The number of esters is 1. The van der Waals surface area contributed by atoms with Gasteiger partial charge < -0.3 is 9.15 Å². The van der Waals surface area contributed by atoms with E-state index in [1.54, 1.807) is 50.2 Å². The summed E-state index contributed by atoms with van der Waals surface area (Å²) in [5.41, 5.74) is 2.87. The van der Waals surface area contributed by atoms with Crippen molar-refractivity contribution >= 4 is 50.2 Å². The Morgan fingerprint density at radius 1 is 1.13 bits per heavy atom. The molecule has 0 fully saturated rings. The maximum atomic E-state index is 12.6. The molecule has 4 rings (SSSR count). The first-order valence-corrected chi connectivity index (χ1v) is 10.8. The van der Waals surface area contributed by atoms with Crippen LogP contribution in [0.25, 0.3) is 21.5 Å². The molecule has 6 nitrogen and oxygen atoms in total. The van der Waals surface area contributed by atoms with Crippen molar-refractivity contribution in [2.45, 2.75) is 26.9 Å². The molecule has 2 aromatic carbocycles. The summed E-state index contributed by atoms with van der Waals surface area (Å²) in [6, 6.07) is 14.0. The predicted molar refractivity (Wildman–Crippen MR) is 122 cm³/mol. The summed E-state index contributed by atoms with van der Waals surface area (Å²) >= 11 is 7.45. The number of ether oxygens (including phenoxy) is 1. The fourth-order valence-electron chi connectivity index (χ4n) is 2.91. The van der Waals surface area contributed by atoms with Gasteiger partial charge in [0.15, 0.2) is 10.9 Å². The number of aryl methyl sites for hydroxylation is 1. The maximum Gasteiger partial charge on any atom is 0.338 e. The number of hydrogen-bond donors (Lipinski definition) is 1. The smallest absolute Gasteiger partial charge is 0.338 e. The minimum absolute atomic E-state index is 0.159. The van der Waals surface area contributed by atoms with Crippen LogP contribution in [0.3, 0.4) is 0 Å². The first-order chi connectivity index (χ1) is 14.8. The van der Waals surface area contributed by atoms with E-state index in [4.69, 9.17) is 20.8 Å². The predicted octanol–water partition coefficient (Wildman–Crippen LogP) is 6.34. The SMILES string of the molecule is Cc1ccc(-c2ccc(C(=O)Nc3nc4ccc(C(=O)OC(C)C)cc4s3)o2)cc1Cl. The third-order valence-electron chi connectivity index (χ3n) is 4.47. The van der Waals surface area contributed by atoms with Gasteiger partial charge in [0.05, 0.1) is 21.9 Å². The number of halogens is 1. The Kier molecular flexibility index (Phi) is 5.80. The van der Waals surface area contributed by atoms with Gasteiger partial charge in [-0.3, -0.25) is 10.1 Å². The summed E-state index contributed by atoms with van der Waals surface area (Å²) in [4.78, 5) is 29.1. The van der Waals surface area contributed by atoms with Crippen LogP contribution >= 0.6 is 22.9 Å². The second-order valence-electron chi connectivity index (χ2n) is 7.24. The average molecular weight is 455 g/mol. The third kappa shape index (κ3) is 4.62. The summed E-state index contributed by atoms with van der Waals surface area (Å²) in [5, 5.41) is 3.78. The molecule has 0 spiro atoms. The molecular weight excluding hydrogens is 436 g/mol. The highest BCUT2D eigenvalue weighted by Gasteiger charge is 2.16. The quantitative estimate of drug-likeness (QED) is 0.356. The van der Waals surface area contributed by atoms with Gasteiger partial charge in [0.2, 0.25) is 0 Å². The number of fused-ring (bicyclic) bond motifs is 1. The molecule has 2 aromatic heterocycles. The zero-order chi connectivity index (χ0) is 22.1. The van der Waals surface area contributed by atoms with Gasteiger partial charge in [-0.1, -0.05) is 35.1 Å². The fourth-order valence-corrected chi connectivity index (χ4v) is 3.99. The molecule has 0 saturated heterocycles. The van der Waals surface area contributed by atoms with Crippen LogP contribution in [0, 0.1) is 6.92 Å². The summed E-state index contributed by atoms with van der Waals surface area (Å²) in [6.07, 6.45) is -0.200. The summed E-state index contributed by atoms with van der Waals surface area (Å²) in [5.74, 6) is -0.102. The Balaban J connectivity index is 1.51. The molecule has 0 aliphatic carbocycles. The van der Waals surface area contributed by atoms with Crippen molar-refractivity contribution < 1.29 is 18.7 Å². The minimum atomic E-state index is -0.414. The van der Waals surface area contributed by atoms with E-state index in [0.29, 0.717) is 27.0 Å². The molecule has 0 aliphatic rings. The van der Waals surface area contributed by atoms with Crippen molar-refractivity contribution in [3.63, 3.8) is 0 Å². The van der Waals surface area contributed by atoms with E-state index in [1.807, 2.05) is 19.1 Å². The van der Waals surface area contributed by atoms with Gasteiger partial charge >= 0.3 is 5.97 Å². The normalized spacial score (nSPS) is 11.1. The Morgan fingerprint density at radius 3 is 2.68 bits per heavy atom. The van der Waals surface area contributed by atoms with Gasteiger partial charge in [0.1, 0.15) is 5.76 Å². The lowest BCUT2D eigenvalue weighted by Gasteiger charge is -2.07. The summed E-state index contributed by atoms with van der Waals surface area (Å²) in [7, 11) is 0. The number of hydrogen-bond acceptors (Lipinski definition) is 6. The van der Waals surface area contributed by atoms with Crippen LogP contribution in [0.2, 0.25) is 5.02 Å². The second kappa shape index (κ2) is 8.53. The van der Waals surface area contributed by atoms with Crippen molar-refractivity contribution in [2.75, 3.05) is 5.32 Å². The Morgan fingerprint density at radius 2 is 1.94 bits per heavy atom. The molecule has 0 atom stereocenters. The molecule has 0 aliphatic heterocycles. The molecule has 1 amide bonds. The highest BCUT2D eigenvalue weighted by Crippen LogP contribution is 2.29. The first kappa shape index (κ1) is 21.1. The number of benzene rings is 2. The van der Waals surface area contributed by atoms with E-state index < -0.39 is 11.9 Å². The van der Waals surface area contributed by atoms with Gasteiger partial charge in [0.25, 0.3) is 5.91 Å².